The van der Waals surface area contributed by atoms with E-state index < -0.39 is 75.7 Å². The molecule has 0 saturated heterocycles. The number of phosphoric acid groups is 1. The van der Waals surface area contributed by atoms with Crippen LogP contribution in [0.2, 0.25) is 0 Å². The third kappa shape index (κ3) is 26.9. The second-order valence-corrected chi connectivity index (χ2v) is 16.9. The SMILES string of the molecule is CCCCC/C=C\CCCCCCCC(=O)OCC(COP(=O)(O)OC1C(O)C(O)C(O)C(O)C1O)OC(=O)CCCCCCC/C=C\CCCCCCCCC. The first-order valence-corrected chi connectivity index (χ1v) is 23.6. The van der Waals surface area contributed by atoms with Crippen molar-refractivity contribution in [3.05, 3.63) is 24.3 Å². The van der Waals surface area contributed by atoms with Crippen LogP contribution in [-0.2, 0) is 32.7 Å². The topological polar surface area (TPSA) is 210 Å². The molecule has 0 bridgehead atoms. The van der Waals surface area contributed by atoms with Crippen LogP contribution < -0.4 is 0 Å². The Balaban J connectivity index is 2.49. The molecular weight excluding hydrogens is 755 g/mol. The molecule has 334 valence electrons. The number of unbranched alkanes of at least 4 members (excludes halogenated alkanes) is 20. The molecule has 14 heteroatoms. The van der Waals surface area contributed by atoms with Gasteiger partial charge in [0.2, 0.25) is 0 Å². The van der Waals surface area contributed by atoms with E-state index in [9.17, 15) is 44.6 Å². The number of aliphatic hydroxyl groups excluding tert-OH is 5. The van der Waals surface area contributed by atoms with Crippen LogP contribution in [-0.4, -0.2) is 98.3 Å². The number of phosphoric ester groups is 1. The van der Waals surface area contributed by atoms with E-state index in [1.165, 1.54) is 64.2 Å². The van der Waals surface area contributed by atoms with Gasteiger partial charge < -0.3 is 39.9 Å². The van der Waals surface area contributed by atoms with Crippen molar-refractivity contribution in [1.82, 2.24) is 0 Å². The van der Waals surface area contributed by atoms with Crippen LogP contribution in [0.5, 0.6) is 0 Å². The van der Waals surface area contributed by atoms with Gasteiger partial charge in [0, 0.05) is 12.8 Å². The molecule has 0 aromatic heterocycles. The standard InChI is InChI=1S/C43H79O13P/c1-3-5-7-9-11-13-15-17-18-19-20-22-24-26-28-30-32-37(45)55-35(33-53-36(44)31-29-27-25-23-21-16-14-12-10-8-6-4-2)34-54-57(51,52)56-43-41(49)39(47)38(46)40(48)42(43)50/h12,14,18-19,35,38-43,46-50H,3-11,13,15-17,20-34H2,1-2H3,(H,51,52)/b14-12-,19-18-. The van der Waals surface area contributed by atoms with E-state index in [4.69, 9.17) is 18.5 Å². The smallest absolute Gasteiger partial charge is 0.462 e. The van der Waals surface area contributed by atoms with E-state index in [0.717, 1.165) is 77.0 Å². The zero-order valence-electron chi connectivity index (χ0n) is 35.1. The van der Waals surface area contributed by atoms with Gasteiger partial charge >= 0.3 is 19.8 Å². The van der Waals surface area contributed by atoms with Crippen molar-refractivity contribution in [2.45, 2.75) is 224 Å². The van der Waals surface area contributed by atoms with E-state index in [0.29, 0.717) is 12.8 Å². The van der Waals surface area contributed by atoms with Gasteiger partial charge in [-0.05, 0) is 64.2 Å². The Morgan fingerprint density at radius 2 is 0.895 bits per heavy atom. The number of carbonyl (C=O) groups excluding carboxylic acids is 2. The number of hydrogen-bond acceptors (Lipinski definition) is 12. The third-order valence-corrected chi connectivity index (χ3v) is 11.3. The van der Waals surface area contributed by atoms with E-state index in [1.54, 1.807) is 0 Å². The molecule has 6 atom stereocenters. The van der Waals surface area contributed by atoms with E-state index >= 15 is 0 Å². The molecule has 0 amide bonds. The van der Waals surface area contributed by atoms with E-state index in [2.05, 4.69) is 38.2 Å². The molecule has 57 heavy (non-hydrogen) atoms. The largest absolute Gasteiger partial charge is 0.472 e. The van der Waals surface area contributed by atoms with Gasteiger partial charge in [0.15, 0.2) is 6.10 Å². The quantitative estimate of drug-likeness (QED) is 0.0153. The Bertz CT molecular complexity index is 1100. The summed E-state index contributed by atoms with van der Waals surface area (Å²) in [6.45, 7) is 3.25. The van der Waals surface area contributed by atoms with Crippen LogP contribution in [0.25, 0.3) is 0 Å². The average molecular weight is 835 g/mol. The summed E-state index contributed by atoms with van der Waals surface area (Å²) in [5, 5.41) is 50.1. The van der Waals surface area contributed by atoms with Crippen LogP contribution in [0, 0.1) is 0 Å². The number of ether oxygens (including phenoxy) is 2. The lowest BCUT2D eigenvalue weighted by molar-refractivity contribution is -0.220. The molecule has 0 aromatic carbocycles. The van der Waals surface area contributed by atoms with Gasteiger partial charge in [0.25, 0.3) is 0 Å². The molecular formula is C43H79O13P. The molecule has 0 heterocycles. The van der Waals surface area contributed by atoms with Crippen molar-refractivity contribution in [3.8, 4) is 0 Å². The Morgan fingerprint density at radius 3 is 1.37 bits per heavy atom. The lowest BCUT2D eigenvalue weighted by Gasteiger charge is -2.41. The molecule has 1 fully saturated rings. The predicted octanol–water partition coefficient (Wildman–Crippen LogP) is 8.06. The predicted molar refractivity (Wildman–Crippen MR) is 221 cm³/mol. The molecule has 0 aliphatic heterocycles. The van der Waals surface area contributed by atoms with Gasteiger partial charge in [0.05, 0.1) is 6.61 Å². The molecule has 6 N–H and O–H groups in total. The highest BCUT2D eigenvalue weighted by Gasteiger charge is 2.51. The normalized spacial score (nSPS) is 22.9. The lowest BCUT2D eigenvalue weighted by atomic mass is 9.85. The highest BCUT2D eigenvalue weighted by atomic mass is 31.2. The number of allylic oxidation sites excluding steroid dienone is 4. The Hall–Kier alpha value is -1.67. The third-order valence-electron chi connectivity index (χ3n) is 10.3. The number of hydrogen-bond donors (Lipinski definition) is 6. The van der Waals surface area contributed by atoms with Crippen molar-refractivity contribution in [2.24, 2.45) is 0 Å². The molecule has 1 saturated carbocycles. The maximum absolute atomic E-state index is 12.8. The number of rotatable bonds is 36. The number of aliphatic hydroxyl groups is 5. The first-order chi connectivity index (χ1) is 27.4. The fourth-order valence-electron chi connectivity index (χ4n) is 6.63. The zero-order chi connectivity index (χ0) is 42.2. The van der Waals surface area contributed by atoms with Crippen molar-refractivity contribution in [3.63, 3.8) is 0 Å². The van der Waals surface area contributed by atoms with Gasteiger partial charge in [-0.2, -0.15) is 0 Å². The second kappa shape index (κ2) is 34.1. The molecule has 0 radical (unpaired) electrons. The van der Waals surface area contributed by atoms with E-state index in [1.807, 2.05) is 0 Å². The number of esters is 2. The maximum atomic E-state index is 12.8. The molecule has 1 aliphatic carbocycles. The van der Waals surface area contributed by atoms with Gasteiger partial charge in [-0.25, -0.2) is 4.57 Å². The zero-order valence-corrected chi connectivity index (χ0v) is 36.0. The molecule has 6 unspecified atom stereocenters. The van der Waals surface area contributed by atoms with Crippen LogP contribution in [0.15, 0.2) is 24.3 Å². The summed E-state index contributed by atoms with van der Waals surface area (Å²) >= 11 is 0. The van der Waals surface area contributed by atoms with Crippen LogP contribution >= 0.6 is 7.82 Å². The average Bonchev–Trinajstić information content (AvgIpc) is 3.19. The summed E-state index contributed by atoms with van der Waals surface area (Å²) in [5.74, 6) is -1.12. The summed E-state index contributed by atoms with van der Waals surface area (Å²) in [5.41, 5.74) is 0. The Kier molecular flexibility index (Phi) is 31.9. The number of carbonyl (C=O) groups is 2. The van der Waals surface area contributed by atoms with Crippen molar-refractivity contribution in [1.29, 1.82) is 0 Å². The fraction of sp³-hybridized carbons (Fsp3) is 0.860. The van der Waals surface area contributed by atoms with E-state index in [-0.39, 0.29) is 12.8 Å². The minimum atomic E-state index is -5.12. The monoisotopic (exact) mass is 835 g/mol. The van der Waals surface area contributed by atoms with Crippen molar-refractivity contribution >= 4 is 19.8 Å². The van der Waals surface area contributed by atoms with Gasteiger partial charge in [-0.15, -0.1) is 0 Å². The van der Waals surface area contributed by atoms with Gasteiger partial charge in [-0.1, -0.05) is 128 Å². The summed E-state index contributed by atoms with van der Waals surface area (Å²) < 4.78 is 33.4. The van der Waals surface area contributed by atoms with Gasteiger partial charge in [-0.3, -0.25) is 18.6 Å². The highest BCUT2D eigenvalue weighted by Crippen LogP contribution is 2.47. The van der Waals surface area contributed by atoms with Crippen LogP contribution in [0.1, 0.15) is 181 Å². The Labute approximate surface area is 343 Å². The summed E-state index contributed by atoms with van der Waals surface area (Å²) in [4.78, 5) is 35.6. The maximum Gasteiger partial charge on any atom is 0.472 e. The summed E-state index contributed by atoms with van der Waals surface area (Å²) in [7, 11) is -5.12. The van der Waals surface area contributed by atoms with Crippen molar-refractivity contribution < 1.29 is 63.1 Å². The molecule has 0 aromatic rings. The minimum Gasteiger partial charge on any atom is -0.462 e. The first-order valence-electron chi connectivity index (χ1n) is 22.1. The molecule has 1 rings (SSSR count). The molecule has 13 nitrogen and oxygen atoms in total. The minimum absolute atomic E-state index is 0.0866. The van der Waals surface area contributed by atoms with Crippen LogP contribution in [0.3, 0.4) is 0 Å². The van der Waals surface area contributed by atoms with Gasteiger partial charge in [0.1, 0.15) is 43.2 Å². The van der Waals surface area contributed by atoms with Crippen LogP contribution in [0.4, 0.5) is 0 Å². The highest BCUT2D eigenvalue weighted by molar-refractivity contribution is 7.47. The fourth-order valence-corrected chi connectivity index (χ4v) is 7.60. The Morgan fingerprint density at radius 1 is 0.526 bits per heavy atom. The first kappa shape index (κ1) is 53.3. The van der Waals surface area contributed by atoms with Crippen molar-refractivity contribution in [2.75, 3.05) is 13.2 Å². The lowest BCUT2D eigenvalue weighted by Crippen LogP contribution is -2.64. The molecule has 0 spiro atoms. The second-order valence-electron chi connectivity index (χ2n) is 15.5. The summed E-state index contributed by atoms with van der Waals surface area (Å²) in [6.07, 6.45) is 22.4. The molecule has 1 aliphatic rings. The summed E-state index contributed by atoms with van der Waals surface area (Å²) in [6, 6.07) is 0.